The number of ether oxygens (including phenoxy) is 1. The van der Waals surface area contributed by atoms with Gasteiger partial charge in [-0.1, -0.05) is 0 Å². The lowest BCUT2D eigenvalue weighted by Gasteiger charge is -2.20. The summed E-state index contributed by atoms with van der Waals surface area (Å²) in [6, 6.07) is 3.79. The molecule has 1 amide bonds. The van der Waals surface area contributed by atoms with E-state index in [2.05, 4.69) is 5.32 Å². The van der Waals surface area contributed by atoms with E-state index in [4.69, 9.17) is 9.84 Å². The summed E-state index contributed by atoms with van der Waals surface area (Å²) in [5.74, 6) is -0.413. The average Bonchev–Trinajstić information content (AvgIpc) is 2.24. The first-order valence-corrected chi connectivity index (χ1v) is 5.65. The van der Waals surface area contributed by atoms with Crippen LogP contribution >= 0.6 is 0 Å². The predicted octanol–water partition coefficient (Wildman–Crippen LogP) is 1.61. The zero-order chi connectivity index (χ0) is 13.8. The minimum Gasteiger partial charge on any atom is -0.483 e. The van der Waals surface area contributed by atoms with Crippen LogP contribution < -0.4 is 10.1 Å². The molecule has 1 rings (SSSR count). The van der Waals surface area contributed by atoms with Crippen molar-refractivity contribution in [3.05, 3.63) is 29.6 Å². The number of rotatable bonds is 4. The first-order valence-electron chi connectivity index (χ1n) is 5.65. The molecule has 0 aromatic heterocycles. The Morgan fingerprint density at radius 2 is 2.11 bits per heavy atom. The Morgan fingerprint density at radius 3 is 2.67 bits per heavy atom. The van der Waals surface area contributed by atoms with Gasteiger partial charge in [-0.3, -0.25) is 4.79 Å². The fourth-order valence-electron chi connectivity index (χ4n) is 1.41. The van der Waals surface area contributed by atoms with Gasteiger partial charge in [0.15, 0.2) is 6.61 Å². The molecule has 0 aliphatic rings. The molecule has 0 radical (unpaired) electrons. The Hall–Kier alpha value is -1.62. The predicted molar refractivity (Wildman–Crippen MR) is 65.7 cm³/mol. The molecule has 0 atom stereocenters. The summed E-state index contributed by atoms with van der Waals surface area (Å²) in [4.78, 5) is 11.5. The van der Waals surface area contributed by atoms with Gasteiger partial charge in [0.25, 0.3) is 5.91 Å². The maximum atomic E-state index is 12.9. The van der Waals surface area contributed by atoms with Gasteiger partial charge in [0.2, 0.25) is 0 Å². The number of amides is 1. The highest BCUT2D eigenvalue weighted by Gasteiger charge is 2.14. The summed E-state index contributed by atoms with van der Waals surface area (Å²) >= 11 is 0. The van der Waals surface area contributed by atoms with Crippen LogP contribution in [0.5, 0.6) is 5.75 Å². The second kappa shape index (κ2) is 5.82. The monoisotopic (exact) mass is 255 g/mol. The number of hydrogen-bond donors (Lipinski definition) is 2. The number of carbonyl (C=O) groups is 1. The third-order valence-electron chi connectivity index (χ3n) is 2.07. The van der Waals surface area contributed by atoms with Crippen LogP contribution in [0, 0.1) is 5.82 Å². The normalized spacial score (nSPS) is 11.2. The second-order valence-electron chi connectivity index (χ2n) is 5.00. The van der Waals surface area contributed by atoms with Crippen molar-refractivity contribution in [3.63, 3.8) is 0 Å². The van der Waals surface area contributed by atoms with Gasteiger partial charge in [-0.2, -0.15) is 0 Å². The molecule has 0 saturated carbocycles. The molecule has 1 aromatic rings. The molecule has 100 valence electrons. The largest absolute Gasteiger partial charge is 0.483 e. The molecule has 0 aliphatic carbocycles. The Morgan fingerprint density at radius 1 is 1.44 bits per heavy atom. The average molecular weight is 255 g/mol. The van der Waals surface area contributed by atoms with E-state index in [1.165, 1.54) is 18.2 Å². The van der Waals surface area contributed by atoms with Crippen molar-refractivity contribution in [1.29, 1.82) is 0 Å². The van der Waals surface area contributed by atoms with Crippen LogP contribution in [0.2, 0.25) is 0 Å². The molecule has 0 heterocycles. The Bertz CT molecular complexity index is 427. The van der Waals surface area contributed by atoms with Gasteiger partial charge in [-0.05, 0) is 39.0 Å². The number of carbonyl (C=O) groups excluding carboxylic acids is 1. The third kappa shape index (κ3) is 4.71. The lowest BCUT2D eigenvalue weighted by atomic mass is 10.1. The van der Waals surface area contributed by atoms with E-state index < -0.39 is 5.82 Å². The fourth-order valence-corrected chi connectivity index (χ4v) is 1.41. The van der Waals surface area contributed by atoms with E-state index in [1.807, 2.05) is 20.8 Å². The van der Waals surface area contributed by atoms with Crippen molar-refractivity contribution in [2.24, 2.45) is 0 Å². The minimum absolute atomic E-state index is 0.171. The number of aliphatic hydroxyl groups excluding tert-OH is 1. The Balaban J connectivity index is 2.61. The van der Waals surface area contributed by atoms with Crippen LogP contribution in [-0.2, 0) is 11.4 Å². The van der Waals surface area contributed by atoms with Crippen molar-refractivity contribution >= 4 is 5.91 Å². The quantitative estimate of drug-likeness (QED) is 0.859. The number of halogens is 1. The molecule has 0 spiro atoms. The molecule has 0 unspecified atom stereocenters. The van der Waals surface area contributed by atoms with E-state index in [1.54, 1.807) is 0 Å². The topological polar surface area (TPSA) is 58.6 Å². The van der Waals surface area contributed by atoms with Crippen molar-refractivity contribution in [3.8, 4) is 5.75 Å². The van der Waals surface area contributed by atoms with Gasteiger partial charge < -0.3 is 15.2 Å². The number of benzene rings is 1. The first kappa shape index (κ1) is 14.4. The Kier molecular flexibility index (Phi) is 4.67. The number of hydrogen-bond acceptors (Lipinski definition) is 3. The highest BCUT2D eigenvalue weighted by molar-refractivity contribution is 5.78. The molecule has 0 aliphatic heterocycles. The van der Waals surface area contributed by atoms with Crippen molar-refractivity contribution in [2.75, 3.05) is 6.61 Å². The molecule has 4 nitrogen and oxygen atoms in total. The van der Waals surface area contributed by atoms with Crippen LogP contribution in [0.3, 0.4) is 0 Å². The third-order valence-corrected chi connectivity index (χ3v) is 2.07. The standard InChI is InChI=1S/C13H18FNO3/c1-13(2,3)15-12(17)8-18-11-5-4-10(14)6-9(11)7-16/h4-6,16H,7-8H2,1-3H3,(H,15,17). The summed E-state index contributed by atoms with van der Waals surface area (Å²) < 4.78 is 18.2. The van der Waals surface area contributed by atoms with Crippen LogP contribution in [0.25, 0.3) is 0 Å². The van der Waals surface area contributed by atoms with Crippen molar-refractivity contribution in [1.82, 2.24) is 5.32 Å². The molecule has 5 heteroatoms. The lowest BCUT2D eigenvalue weighted by molar-refractivity contribution is -0.124. The highest BCUT2D eigenvalue weighted by Crippen LogP contribution is 2.19. The van der Waals surface area contributed by atoms with E-state index in [0.29, 0.717) is 11.3 Å². The van der Waals surface area contributed by atoms with Crippen LogP contribution in [-0.4, -0.2) is 23.2 Å². The van der Waals surface area contributed by atoms with E-state index >= 15 is 0 Å². The maximum Gasteiger partial charge on any atom is 0.258 e. The molecule has 0 bridgehead atoms. The van der Waals surface area contributed by atoms with Crippen molar-refractivity contribution < 1.29 is 19.0 Å². The van der Waals surface area contributed by atoms with Gasteiger partial charge in [0.05, 0.1) is 6.61 Å². The maximum absolute atomic E-state index is 12.9. The van der Waals surface area contributed by atoms with Crippen LogP contribution in [0.15, 0.2) is 18.2 Å². The molecule has 1 aromatic carbocycles. The molecule has 18 heavy (non-hydrogen) atoms. The smallest absolute Gasteiger partial charge is 0.258 e. The SMILES string of the molecule is CC(C)(C)NC(=O)COc1ccc(F)cc1CO. The molecule has 0 saturated heterocycles. The summed E-state index contributed by atoms with van der Waals surface area (Å²) in [5.41, 5.74) is -0.0122. The molecule has 2 N–H and O–H groups in total. The van der Waals surface area contributed by atoms with E-state index in [-0.39, 0.29) is 24.7 Å². The van der Waals surface area contributed by atoms with E-state index in [0.717, 1.165) is 0 Å². The van der Waals surface area contributed by atoms with Crippen molar-refractivity contribution in [2.45, 2.75) is 32.9 Å². The molecular formula is C13H18FNO3. The number of aliphatic hydroxyl groups is 1. The van der Waals surface area contributed by atoms with Gasteiger partial charge >= 0.3 is 0 Å². The summed E-state index contributed by atoms with van der Waals surface area (Å²) in [7, 11) is 0. The second-order valence-corrected chi connectivity index (χ2v) is 5.00. The number of nitrogens with one attached hydrogen (secondary N) is 1. The summed E-state index contributed by atoms with van der Waals surface area (Å²) in [6.07, 6.45) is 0. The Labute approximate surface area is 106 Å². The first-order chi connectivity index (χ1) is 8.31. The van der Waals surface area contributed by atoms with E-state index in [9.17, 15) is 9.18 Å². The zero-order valence-corrected chi connectivity index (χ0v) is 10.8. The van der Waals surface area contributed by atoms with Gasteiger partial charge in [0.1, 0.15) is 11.6 Å². The fraction of sp³-hybridized carbons (Fsp3) is 0.462. The highest BCUT2D eigenvalue weighted by atomic mass is 19.1. The molecule has 0 fully saturated rings. The van der Waals surface area contributed by atoms with Crippen LogP contribution in [0.1, 0.15) is 26.3 Å². The lowest BCUT2D eigenvalue weighted by Crippen LogP contribution is -2.43. The summed E-state index contributed by atoms with van der Waals surface area (Å²) in [5, 5.41) is 11.8. The summed E-state index contributed by atoms with van der Waals surface area (Å²) in [6.45, 7) is 5.08. The van der Waals surface area contributed by atoms with Gasteiger partial charge in [-0.25, -0.2) is 4.39 Å². The van der Waals surface area contributed by atoms with Crippen LogP contribution in [0.4, 0.5) is 4.39 Å². The molecular weight excluding hydrogens is 237 g/mol. The zero-order valence-electron chi connectivity index (χ0n) is 10.8. The van der Waals surface area contributed by atoms with Gasteiger partial charge in [-0.15, -0.1) is 0 Å². The minimum atomic E-state index is -0.453. The van der Waals surface area contributed by atoms with Gasteiger partial charge in [0, 0.05) is 11.1 Å².